The van der Waals surface area contributed by atoms with Gasteiger partial charge in [0.1, 0.15) is 37.1 Å². The molecule has 4 rings (SSSR count). The van der Waals surface area contributed by atoms with Gasteiger partial charge < -0.3 is 14.2 Å². The Kier molecular flexibility index (Phi) is 12.6. The van der Waals surface area contributed by atoms with Gasteiger partial charge in [-0.25, -0.2) is 39.4 Å². The summed E-state index contributed by atoms with van der Waals surface area (Å²) < 4.78 is 100. The van der Waals surface area contributed by atoms with Crippen LogP contribution in [0.4, 0.5) is 0 Å². The van der Waals surface area contributed by atoms with Crippen LogP contribution in [0.2, 0.25) is 0 Å². The lowest BCUT2D eigenvalue weighted by Gasteiger charge is -2.14. The Bertz CT molecular complexity index is 1740. The molecular formula is C33H39N3O9S3. The Morgan fingerprint density at radius 2 is 0.646 bits per heavy atom. The molecule has 0 heterocycles. The van der Waals surface area contributed by atoms with Gasteiger partial charge >= 0.3 is 0 Å². The fraction of sp³-hybridized carbons (Fsp3) is 0.273. The molecule has 0 saturated carbocycles. The molecule has 4 aromatic carbocycles. The van der Waals surface area contributed by atoms with Crippen LogP contribution in [0.15, 0.2) is 106 Å². The maximum atomic E-state index is 12.6. The largest absolute Gasteiger partial charge is 0.492 e. The highest BCUT2D eigenvalue weighted by molar-refractivity contribution is 7.90. The fourth-order valence-electron chi connectivity index (χ4n) is 4.23. The van der Waals surface area contributed by atoms with Crippen molar-refractivity contribution in [2.45, 2.75) is 35.5 Å². The fourth-order valence-corrected chi connectivity index (χ4v) is 7.27. The van der Waals surface area contributed by atoms with Gasteiger partial charge in [0.05, 0.1) is 14.7 Å². The number of sulfonamides is 3. The lowest BCUT2D eigenvalue weighted by Crippen LogP contribution is -2.28. The molecule has 0 unspecified atom stereocenters. The molecule has 0 aliphatic rings. The van der Waals surface area contributed by atoms with Gasteiger partial charge in [0.2, 0.25) is 30.1 Å². The summed E-state index contributed by atoms with van der Waals surface area (Å²) in [5, 5.41) is 0. The third-order valence-corrected chi connectivity index (χ3v) is 11.3. The van der Waals surface area contributed by atoms with Crippen LogP contribution in [0.1, 0.15) is 16.7 Å². The Balaban J connectivity index is 1.36. The third-order valence-electron chi connectivity index (χ3n) is 6.84. The van der Waals surface area contributed by atoms with Crippen molar-refractivity contribution in [3.63, 3.8) is 0 Å². The predicted octanol–water partition coefficient (Wildman–Crippen LogP) is 3.68. The van der Waals surface area contributed by atoms with Crippen molar-refractivity contribution >= 4 is 30.1 Å². The first kappa shape index (κ1) is 36.8. The van der Waals surface area contributed by atoms with E-state index in [2.05, 4.69) is 14.2 Å². The zero-order valence-corrected chi connectivity index (χ0v) is 29.3. The number of aryl methyl sites for hydroxylation is 3. The highest BCUT2D eigenvalue weighted by Gasteiger charge is 2.16. The van der Waals surface area contributed by atoms with Crippen molar-refractivity contribution in [3.05, 3.63) is 108 Å². The first-order valence-corrected chi connectivity index (χ1v) is 19.4. The summed E-state index contributed by atoms with van der Waals surface area (Å²) in [6, 6.07) is 24.0. The van der Waals surface area contributed by atoms with Gasteiger partial charge in [0.25, 0.3) is 0 Å². The van der Waals surface area contributed by atoms with Gasteiger partial charge in [-0.3, -0.25) is 0 Å². The second-order valence-corrected chi connectivity index (χ2v) is 16.1. The standard InChI is InChI=1S/C33H39N3O9S3/c1-25-4-10-31(11-5-25)46(37,38)34-16-19-43-28-22-29(44-20-17-35-47(39,40)32-12-6-26(2)7-13-32)24-30(23-28)45-21-18-36-48(41,42)33-14-8-27(3)9-15-33/h4-15,22-24,34-36H,16-21H2,1-3H3. The van der Waals surface area contributed by atoms with Gasteiger partial charge in [-0.1, -0.05) is 53.1 Å². The molecule has 12 nitrogen and oxygen atoms in total. The minimum absolute atomic E-state index is 0.0271. The van der Waals surface area contributed by atoms with E-state index in [-0.39, 0.29) is 71.4 Å². The normalized spacial score (nSPS) is 12.1. The number of benzene rings is 4. The number of nitrogens with one attached hydrogen (secondary N) is 3. The van der Waals surface area contributed by atoms with E-state index in [1.807, 2.05) is 20.8 Å². The summed E-state index contributed by atoms with van der Waals surface area (Å²) in [4.78, 5) is 0.403. The molecule has 0 aliphatic heterocycles. The zero-order valence-electron chi connectivity index (χ0n) is 26.8. The summed E-state index contributed by atoms with van der Waals surface area (Å²) in [5.74, 6) is 0.868. The summed E-state index contributed by atoms with van der Waals surface area (Å²) in [5.41, 5.74) is 2.80. The van der Waals surface area contributed by atoms with Crippen molar-refractivity contribution in [1.82, 2.24) is 14.2 Å². The van der Waals surface area contributed by atoms with Gasteiger partial charge in [-0.05, 0) is 57.2 Å². The summed E-state index contributed by atoms with van der Waals surface area (Å²) in [7, 11) is -11.2. The molecule has 0 radical (unpaired) electrons. The first-order valence-electron chi connectivity index (χ1n) is 15.0. The molecule has 0 atom stereocenters. The minimum Gasteiger partial charge on any atom is -0.492 e. The van der Waals surface area contributed by atoms with Crippen molar-refractivity contribution in [3.8, 4) is 17.2 Å². The minimum atomic E-state index is -3.74. The molecular weight excluding hydrogens is 679 g/mol. The van der Waals surface area contributed by atoms with Crippen molar-refractivity contribution in [2.24, 2.45) is 0 Å². The van der Waals surface area contributed by atoms with E-state index in [1.54, 1.807) is 54.6 Å². The first-order chi connectivity index (χ1) is 22.7. The Morgan fingerprint density at radius 3 is 0.875 bits per heavy atom. The number of hydrogen-bond donors (Lipinski definition) is 3. The average Bonchev–Trinajstić information content (AvgIpc) is 3.04. The smallest absolute Gasteiger partial charge is 0.240 e. The van der Waals surface area contributed by atoms with Crippen LogP contribution in [0.5, 0.6) is 17.2 Å². The van der Waals surface area contributed by atoms with Crippen LogP contribution < -0.4 is 28.4 Å². The molecule has 0 aliphatic carbocycles. The molecule has 0 aromatic heterocycles. The maximum absolute atomic E-state index is 12.6. The molecule has 0 saturated heterocycles. The molecule has 0 amide bonds. The van der Waals surface area contributed by atoms with E-state index in [1.165, 1.54) is 36.4 Å². The van der Waals surface area contributed by atoms with E-state index in [0.717, 1.165) is 16.7 Å². The highest BCUT2D eigenvalue weighted by atomic mass is 32.2. The Hall–Kier alpha value is -3.99. The van der Waals surface area contributed by atoms with Crippen LogP contribution in [0, 0.1) is 20.8 Å². The van der Waals surface area contributed by atoms with Gasteiger partial charge in [-0.15, -0.1) is 0 Å². The van der Waals surface area contributed by atoms with Crippen molar-refractivity contribution in [2.75, 3.05) is 39.5 Å². The molecule has 3 N–H and O–H groups in total. The molecule has 48 heavy (non-hydrogen) atoms. The summed E-state index contributed by atoms with van der Waals surface area (Å²) in [6.07, 6.45) is 0. The Morgan fingerprint density at radius 1 is 0.417 bits per heavy atom. The van der Waals surface area contributed by atoms with Crippen LogP contribution in [0.3, 0.4) is 0 Å². The second kappa shape index (κ2) is 16.4. The highest BCUT2D eigenvalue weighted by Crippen LogP contribution is 2.28. The average molecular weight is 718 g/mol. The predicted molar refractivity (Wildman–Crippen MR) is 182 cm³/mol. The van der Waals surface area contributed by atoms with Crippen LogP contribution in [-0.4, -0.2) is 64.7 Å². The molecule has 4 aromatic rings. The van der Waals surface area contributed by atoms with E-state index in [9.17, 15) is 25.3 Å². The van der Waals surface area contributed by atoms with Crippen LogP contribution in [0.25, 0.3) is 0 Å². The molecule has 258 valence electrons. The van der Waals surface area contributed by atoms with E-state index in [4.69, 9.17) is 14.2 Å². The van der Waals surface area contributed by atoms with Crippen LogP contribution >= 0.6 is 0 Å². The molecule has 0 bridgehead atoms. The molecule has 0 fully saturated rings. The van der Waals surface area contributed by atoms with Gasteiger partial charge in [0.15, 0.2) is 0 Å². The molecule has 0 spiro atoms. The SMILES string of the molecule is Cc1ccc(S(=O)(=O)NCCOc2cc(OCCNS(=O)(=O)c3ccc(C)cc3)cc(OCCNS(=O)(=O)c3ccc(C)cc3)c2)cc1. The maximum Gasteiger partial charge on any atom is 0.240 e. The summed E-state index contributed by atoms with van der Waals surface area (Å²) in [6.45, 7) is 5.42. The topological polar surface area (TPSA) is 166 Å². The zero-order chi connectivity index (χ0) is 34.8. The summed E-state index contributed by atoms with van der Waals surface area (Å²) >= 11 is 0. The Labute approximate surface area is 282 Å². The van der Waals surface area contributed by atoms with Gasteiger partial charge in [0, 0.05) is 37.8 Å². The van der Waals surface area contributed by atoms with Crippen molar-refractivity contribution < 1.29 is 39.5 Å². The third kappa shape index (κ3) is 11.0. The number of hydrogen-bond acceptors (Lipinski definition) is 9. The van der Waals surface area contributed by atoms with Crippen LogP contribution in [-0.2, 0) is 30.1 Å². The number of rotatable bonds is 18. The lowest BCUT2D eigenvalue weighted by atomic mass is 10.2. The van der Waals surface area contributed by atoms with Gasteiger partial charge in [-0.2, -0.15) is 0 Å². The number of ether oxygens (including phenoxy) is 3. The monoisotopic (exact) mass is 717 g/mol. The molecule has 15 heteroatoms. The van der Waals surface area contributed by atoms with E-state index < -0.39 is 30.1 Å². The lowest BCUT2D eigenvalue weighted by molar-refractivity contribution is 0.292. The van der Waals surface area contributed by atoms with Crippen molar-refractivity contribution in [1.29, 1.82) is 0 Å². The van der Waals surface area contributed by atoms with E-state index in [0.29, 0.717) is 0 Å². The van der Waals surface area contributed by atoms with E-state index >= 15 is 0 Å². The second-order valence-electron chi connectivity index (χ2n) is 10.8. The quantitative estimate of drug-likeness (QED) is 0.130.